The first-order valence-electron chi connectivity index (χ1n) is 9.94. The van der Waals surface area contributed by atoms with Gasteiger partial charge >= 0.3 is 0 Å². The number of hydrogen-bond acceptors (Lipinski definition) is 8. The Bertz CT molecular complexity index is 1100. The molecule has 11 heteroatoms. The van der Waals surface area contributed by atoms with Gasteiger partial charge < -0.3 is 14.2 Å². The maximum Gasteiger partial charge on any atom is 0.270 e. The predicted octanol–water partition coefficient (Wildman–Crippen LogP) is 2.51. The number of hydrogen-bond donors (Lipinski definition) is 0. The van der Waals surface area contributed by atoms with E-state index in [1.807, 2.05) is 0 Å². The molecular formula is C21H20FN5O5. The first-order chi connectivity index (χ1) is 15.5. The predicted molar refractivity (Wildman–Crippen MR) is 110 cm³/mol. The van der Waals surface area contributed by atoms with E-state index in [0.717, 1.165) is 0 Å². The molecule has 0 saturated carbocycles. The fourth-order valence-electron chi connectivity index (χ4n) is 3.31. The fourth-order valence-corrected chi connectivity index (χ4v) is 3.31. The van der Waals surface area contributed by atoms with Crippen LogP contribution < -0.4 is 4.74 Å². The largest absolute Gasteiger partial charge is 0.484 e. The molecule has 166 valence electrons. The molecule has 4 rings (SSSR count). The minimum atomic E-state index is -0.476. The molecule has 1 saturated heterocycles. The monoisotopic (exact) mass is 441 g/mol. The SMILES string of the molecule is O=C(COc1ccc(F)cc1)N1CCN(Cc2nc(-c3cccc([N+](=O)[O-])c3)no2)CC1. The van der Waals surface area contributed by atoms with Gasteiger partial charge in [0.25, 0.3) is 11.6 Å². The topological polar surface area (TPSA) is 115 Å². The van der Waals surface area contributed by atoms with Gasteiger partial charge in [0.1, 0.15) is 11.6 Å². The Balaban J connectivity index is 1.26. The number of carbonyl (C=O) groups excluding carboxylic acids is 1. The highest BCUT2D eigenvalue weighted by molar-refractivity contribution is 5.77. The summed E-state index contributed by atoms with van der Waals surface area (Å²) in [7, 11) is 0. The number of piperazine rings is 1. The molecule has 1 amide bonds. The maximum absolute atomic E-state index is 12.9. The summed E-state index contributed by atoms with van der Waals surface area (Å²) < 4.78 is 23.6. The van der Waals surface area contributed by atoms with E-state index >= 15 is 0 Å². The van der Waals surface area contributed by atoms with E-state index in [1.54, 1.807) is 17.0 Å². The highest BCUT2D eigenvalue weighted by atomic mass is 19.1. The Kier molecular flexibility index (Phi) is 6.36. The smallest absolute Gasteiger partial charge is 0.270 e. The van der Waals surface area contributed by atoms with Gasteiger partial charge in [-0.15, -0.1) is 0 Å². The lowest BCUT2D eigenvalue weighted by molar-refractivity contribution is -0.384. The van der Waals surface area contributed by atoms with E-state index in [9.17, 15) is 19.3 Å². The lowest BCUT2D eigenvalue weighted by Crippen LogP contribution is -2.49. The van der Waals surface area contributed by atoms with Crippen LogP contribution in [0.3, 0.4) is 0 Å². The lowest BCUT2D eigenvalue weighted by Gasteiger charge is -2.33. The molecule has 32 heavy (non-hydrogen) atoms. The van der Waals surface area contributed by atoms with Crippen LogP contribution in [-0.2, 0) is 11.3 Å². The van der Waals surface area contributed by atoms with Crippen molar-refractivity contribution in [2.75, 3.05) is 32.8 Å². The molecule has 2 heterocycles. The number of benzene rings is 2. The average Bonchev–Trinajstić information content (AvgIpc) is 3.27. The van der Waals surface area contributed by atoms with Crippen molar-refractivity contribution in [3.05, 3.63) is 70.4 Å². The van der Waals surface area contributed by atoms with Gasteiger partial charge in [0.15, 0.2) is 6.61 Å². The van der Waals surface area contributed by atoms with Crippen molar-refractivity contribution in [2.45, 2.75) is 6.54 Å². The second-order valence-electron chi connectivity index (χ2n) is 7.22. The number of amides is 1. The Hall–Kier alpha value is -3.86. The highest BCUT2D eigenvalue weighted by Crippen LogP contribution is 2.22. The zero-order valence-corrected chi connectivity index (χ0v) is 17.0. The molecule has 0 spiro atoms. The third-order valence-corrected chi connectivity index (χ3v) is 5.04. The van der Waals surface area contributed by atoms with E-state index in [1.165, 1.54) is 36.4 Å². The quantitative estimate of drug-likeness (QED) is 0.406. The zero-order chi connectivity index (χ0) is 22.5. The first-order valence-corrected chi connectivity index (χ1v) is 9.94. The van der Waals surface area contributed by atoms with E-state index in [4.69, 9.17) is 9.26 Å². The van der Waals surface area contributed by atoms with Crippen molar-refractivity contribution < 1.29 is 23.4 Å². The summed E-state index contributed by atoms with van der Waals surface area (Å²) in [4.78, 5) is 30.9. The summed E-state index contributed by atoms with van der Waals surface area (Å²) in [6.45, 7) is 2.60. The van der Waals surface area contributed by atoms with Crippen molar-refractivity contribution in [1.29, 1.82) is 0 Å². The number of carbonyl (C=O) groups is 1. The Morgan fingerprint density at radius 1 is 1.16 bits per heavy atom. The number of nitro benzene ring substituents is 1. The molecule has 10 nitrogen and oxygen atoms in total. The molecule has 0 atom stereocenters. The van der Waals surface area contributed by atoms with Crippen LogP contribution in [-0.4, -0.2) is 63.6 Å². The van der Waals surface area contributed by atoms with Gasteiger partial charge in [-0.1, -0.05) is 17.3 Å². The molecule has 0 N–H and O–H groups in total. The summed E-state index contributed by atoms with van der Waals surface area (Å²) in [5.74, 6) is 0.619. The van der Waals surface area contributed by atoms with Crippen molar-refractivity contribution >= 4 is 11.6 Å². The van der Waals surface area contributed by atoms with Crippen LogP contribution in [0.25, 0.3) is 11.4 Å². The molecule has 2 aromatic carbocycles. The van der Waals surface area contributed by atoms with Crippen molar-refractivity contribution in [3.63, 3.8) is 0 Å². The lowest BCUT2D eigenvalue weighted by atomic mass is 10.2. The fraction of sp³-hybridized carbons (Fsp3) is 0.286. The van der Waals surface area contributed by atoms with Crippen LogP contribution in [0.1, 0.15) is 5.89 Å². The van der Waals surface area contributed by atoms with Crippen LogP contribution in [0.5, 0.6) is 5.75 Å². The summed E-state index contributed by atoms with van der Waals surface area (Å²) >= 11 is 0. The summed E-state index contributed by atoms with van der Waals surface area (Å²) in [5.41, 5.74) is 0.462. The van der Waals surface area contributed by atoms with E-state index < -0.39 is 4.92 Å². The number of rotatable bonds is 7. The summed E-state index contributed by atoms with van der Waals surface area (Å²) in [5, 5.41) is 14.9. The van der Waals surface area contributed by atoms with Crippen LogP contribution in [0.15, 0.2) is 53.1 Å². The number of aromatic nitrogens is 2. The van der Waals surface area contributed by atoms with Crippen molar-refractivity contribution in [3.8, 4) is 17.1 Å². The second kappa shape index (κ2) is 9.52. The molecule has 1 aliphatic heterocycles. The standard InChI is InChI=1S/C21H20FN5O5/c22-16-4-6-18(7-5-16)31-14-20(28)26-10-8-25(9-11-26)13-19-23-21(24-32-19)15-2-1-3-17(12-15)27(29)30/h1-7,12H,8-11,13-14H2. The number of halogens is 1. The third kappa shape index (κ3) is 5.24. The van der Waals surface area contributed by atoms with Crippen LogP contribution in [0.2, 0.25) is 0 Å². The minimum Gasteiger partial charge on any atom is -0.484 e. The molecular weight excluding hydrogens is 421 g/mol. The molecule has 1 aromatic heterocycles. The van der Waals surface area contributed by atoms with Gasteiger partial charge in [-0.05, 0) is 24.3 Å². The number of nitro groups is 1. The first kappa shape index (κ1) is 21.4. The molecule has 1 aliphatic rings. The number of nitrogens with zero attached hydrogens (tertiary/aromatic N) is 5. The molecule has 0 unspecified atom stereocenters. The molecule has 1 fully saturated rings. The van der Waals surface area contributed by atoms with Gasteiger partial charge in [0.05, 0.1) is 11.5 Å². The Labute approximate surface area is 182 Å². The van der Waals surface area contributed by atoms with Crippen LogP contribution in [0.4, 0.5) is 10.1 Å². The van der Waals surface area contributed by atoms with Crippen LogP contribution in [0, 0.1) is 15.9 Å². The maximum atomic E-state index is 12.9. The average molecular weight is 441 g/mol. The molecule has 0 radical (unpaired) electrons. The van der Waals surface area contributed by atoms with Crippen molar-refractivity contribution in [2.24, 2.45) is 0 Å². The van der Waals surface area contributed by atoms with Crippen LogP contribution >= 0.6 is 0 Å². The number of non-ortho nitro benzene ring substituents is 1. The summed E-state index contributed by atoms with van der Waals surface area (Å²) in [6.07, 6.45) is 0. The van der Waals surface area contributed by atoms with Gasteiger partial charge in [-0.3, -0.25) is 19.8 Å². The molecule has 0 bridgehead atoms. The van der Waals surface area contributed by atoms with E-state index in [0.29, 0.717) is 49.9 Å². The van der Waals surface area contributed by atoms with E-state index in [2.05, 4.69) is 15.0 Å². The summed E-state index contributed by atoms with van der Waals surface area (Å²) in [6, 6.07) is 11.6. The number of ether oxygens (including phenoxy) is 1. The van der Waals surface area contributed by atoms with Gasteiger partial charge in [0.2, 0.25) is 11.7 Å². The zero-order valence-electron chi connectivity index (χ0n) is 17.0. The Morgan fingerprint density at radius 3 is 2.62 bits per heavy atom. The third-order valence-electron chi connectivity index (χ3n) is 5.04. The second-order valence-corrected chi connectivity index (χ2v) is 7.22. The van der Waals surface area contributed by atoms with Gasteiger partial charge in [-0.2, -0.15) is 4.98 Å². The normalized spacial score (nSPS) is 14.3. The van der Waals surface area contributed by atoms with E-state index in [-0.39, 0.29) is 29.8 Å². The minimum absolute atomic E-state index is 0.0435. The van der Waals surface area contributed by atoms with Gasteiger partial charge in [0, 0.05) is 43.9 Å². The Morgan fingerprint density at radius 2 is 1.91 bits per heavy atom. The van der Waals surface area contributed by atoms with Gasteiger partial charge in [-0.25, -0.2) is 4.39 Å². The molecule has 0 aliphatic carbocycles. The molecule has 3 aromatic rings. The highest BCUT2D eigenvalue weighted by Gasteiger charge is 2.23. The van der Waals surface area contributed by atoms with Crippen molar-refractivity contribution in [1.82, 2.24) is 19.9 Å².